The lowest BCUT2D eigenvalue weighted by molar-refractivity contribution is -0.126. The van der Waals surface area contributed by atoms with Crippen LogP contribution in [0.2, 0.25) is 0 Å². The highest BCUT2D eigenvalue weighted by Gasteiger charge is 2.30. The van der Waals surface area contributed by atoms with E-state index < -0.39 is 0 Å². The zero-order valence-corrected chi connectivity index (χ0v) is 15.1. The number of hydrogen-bond donors (Lipinski definition) is 1. The van der Waals surface area contributed by atoms with Crippen molar-refractivity contribution < 1.29 is 4.79 Å². The van der Waals surface area contributed by atoms with Gasteiger partial charge in [-0.2, -0.15) is 0 Å². The summed E-state index contributed by atoms with van der Waals surface area (Å²) in [4.78, 5) is 21.0. The molecule has 1 saturated carbocycles. The van der Waals surface area contributed by atoms with Crippen molar-refractivity contribution in [3.63, 3.8) is 0 Å². The zero-order valence-electron chi connectivity index (χ0n) is 14.3. The van der Waals surface area contributed by atoms with E-state index in [1.807, 2.05) is 25.1 Å². The average Bonchev–Trinajstić information content (AvgIpc) is 3.34. The summed E-state index contributed by atoms with van der Waals surface area (Å²) in [5.41, 5.74) is 0.857. The Balaban J connectivity index is 1.34. The molecule has 1 atom stereocenters. The number of piperazine rings is 1. The molecule has 1 saturated heterocycles. The monoisotopic (exact) mass is 358 g/mol. The van der Waals surface area contributed by atoms with Crippen molar-refractivity contribution in [1.29, 1.82) is 0 Å². The standard InChI is InChI=1S/C17H22N6OS/c1-12(15(24)19-13-5-6-13)22-8-10-23(11-9-22)17-21-20-16(25-17)14-4-2-3-7-18-14/h2-4,7,12-13H,5-6,8-11H2,1H3,(H,19,24). The molecule has 0 bridgehead atoms. The van der Waals surface area contributed by atoms with Crippen molar-refractivity contribution in [3.05, 3.63) is 24.4 Å². The van der Waals surface area contributed by atoms with E-state index in [0.717, 1.165) is 54.9 Å². The Kier molecular flexibility index (Phi) is 4.63. The summed E-state index contributed by atoms with van der Waals surface area (Å²) in [6, 6.07) is 6.15. The van der Waals surface area contributed by atoms with E-state index in [1.165, 1.54) is 0 Å². The molecule has 2 fully saturated rings. The van der Waals surface area contributed by atoms with Gasteiger partial charge in [-0.15, -0.1) is 10.2 Å². The average molecular weight is 358 g/mol. The molecule has 1 unspecified atom stereocenters. The van der Waals surface area contributed by atoms with Crippen LogP contribution in [0.5, 0.6) is 0 Å². The Labute approximate surface area is 151 Å². The van der Waals surface area contributed by atoms with Crippen LogP contribution >= 0.6 is 11.3 Å². The molecule has 4 rings (SSSR count). The lowest BCUT2D eigenvalue weighted by Gasteiger charge is -2.37. The second kappa shape index (κ2) is 7.05. The molecule has 0 aromatic carbocycles. The first-order valence-corrected chi connectivity index (χ1v) is 9.56. The van der Waals surface area contributed by atoms with Gasteiger partial charge in [-0.05, 0) is 31.9 Å². The third-order valence-electron chi connectivity index (χ3n) is 4.73. The molecule has 2 aliphatic rings. The Bertz CT molecular complexity index is 724. The maximum atomic E-state index is 12.2. The van der Waals surface area contributed by atoms with Crippen LogP contribution in [0.3, 0.4) is 0 Å². The highest BCUT2D eigenvalue weighted by molar-refractivity contribution is 7.18. The van der Waals surface area contributed by atoms with Crippen LogP contribution in [0, 0.1) is 0 Å². The summed E-state index contributed by atoms with van der Waals surface area (Å²) in [6.45, 7) is 5.43. The number of pyridine rings is 1. The predicted octanol–water partition coefficient (Wildman–Crippen LogP) is 1.39. The van der Waals surface area contributed by atoms with Crippen LogP contribution in [0.15, 0.2) is 24.4 Å². The van der Waals surface area contributed by atoms with Gasteiger partial charge in [0.1, 0.15) is 5.69 Å². The molecular formula is C17H22N6OS. The molecule has 25 heavy (non-hydrogen) atoms. The number of nitrogens with zero attached hydrogens (tertiary/aromatic N) is 5. The van der Waals surface area contributed by atoms with E-state index in [0.29, 0.717) is 6.04 Å². The van der Waals surface area contributed by atoms with Crippen molar-refractivity contribution in [2.75, 3.05) is 31.1 Å². The first-order valence-electron chi connectivity index (χ1n) is 8.75. The largest absolute Gasteiger partial charge is 0.352 e. The van der Waals surface area contributed by atoms with Gasteiger partial charge < -0.3 is 10.2 Å². The van der Waals surface area contributed by atoms with Crippen molar-refractivity contribution >= 4 is 22.4 Å². The van der Waals surface area contributed by atoms with Crippen molar-refractivity contribution in [2.45, 2.75) is 31.8 Å². The van der Waals surface area contributed by atoms with Gasteiger partial charge in [0.05, 0.1) is 6.04 Å². The van der Waals surface area contributed by atoms with Crippen LogP contribution in [-0.2, 0) is 4.79 Å². The fourth-order valence-electron chi connectivity index (χ4n) is 2.95. The molecule has 3 heterocycles. The van der Waals surface area contributed by atoms with Gasteiger partial charge in [0.2, 0.25) is 11.0 Å². The minimum Gasteiger partial charge on any atom is -0.352 e. The zero-order chi connectivity index (χ0) is 17.2. The maximum Gasteiger partial charge on any atom is 0.237 e. The lowest BCUT2D eigenvalue weighted by Crippen LogP contribution is -2.54. The third kappa shape index (κ3) is 3.80. The predicted molar refractivity (Wildman–Crippen MR) is 97.6 cm³/mol. The molecular weight excluding hydrogens is 336 g/mol. The Morgan fingerprint density at radius 1 is 1.24 bits per heavy atom. The maximum absolute atomic E-state index is 12.2. The highest BCUT2D eigenvalue weighted by Crippen LogP contribution is 2.28. The van der Waals surface area contributed by atoms with Gasteiger partial charge in [-0.25, -0.2) is 0 Å². The topological polar surface area (TPSA) is 74.2 Å². The number of rotatable bonds is 5. The highest BCUT2D eigenvalue weighted by atomic mass is 32.1. The molecule has 132 valence electrons. The van der Waals surface area contributed by atoms with Crippen LogP contribution in [0.25, 0.3) is 10.7 Å². The summed E-state index contributed by atoms with van der Waals surface area (Å²) in [5, 5.41) is 13.5. The number of anilines is 1. The molecule has 0 radical (unpaired) electrons. The van der Waals surface area contributed by atoms with E-state index in [4.69, 9.17) is 0 Å². The van der Waals surface area contributed by atoms with Gasteiger partial charge >= 0.3 is 0 Å². The van der Waals surface area contributed by atoms with Crippen molar-refractivity contribution in [1.82, 2.24) is 25.4 Å². The first kappa shape index (κ1) is 16.4. The molecule has 8 heteroatoms. The van der Waals surface area contributed by atoms with Crippen LogP contribution in [-0.4, -0.2) is 64.3 Å². The number of amides is 1. The fraction of sp³-hybridized carbons (Fsp3) is 0.529. The molecule has 2 aromatic heterocycles. The fourth-order valence-corrected chi connectivity index (χ4v) is 3.83. The summed E-state index contributed by atoms with van der Waals surface area (Å²) in [5.74, 6) is 0.157. The van der Waals surface area contributed by atoms with Gasteiger partial charge in [0.25, 0.3) is 0 Å². The SMILES string of the molecule is CC(C(=O)NC1CC1)N1CCN(c2nnc(-c3ccccn3)s2)CC1. The summed E-state index contributed by atoms with van der Waals surface area (Å²) < 4.78 is 0. The van der Waals surface area contributed by atoms with E-state index >= 15 is 0 Å². The Morgan fingerprint density at radius 2 is 2.04 bits per heavy atom. The Morgan fingerprint density at radius 3 is 2.72 bits per heavy atom. The van der Waals surface area contributed by atoms with E-state index in [1.54, 1.807) is 17.5 Å². The second-order valence-electron chi connectivity index (χ2n) is 6.59. The van der Waals surface area contributed by atoms with E-state index in [-0.39, 0.29) is 11.9 Å². The first-order chi connectivity index (χ1) is 12.2. The van der Waals surface area contributed by atoms with Crippen molar-refractivity contribution in [2.24, 2.45) is 0 Å². The number of nitrogens with one attached hydrogen (secondary N) is 1. The minimum absolute atomic E-state index is 0.0683. The normalized spacial score (nSPS) is 19.6. The smallest absolute Gasteiger partial charge is 0.237 e. The van der Waals surface area contributed by atoms with Crippen LogP contribution in [0.4, 0.5) is 5.13 Å². The quantitative estimate of drug-likeness (QED) is 0.871. The molecule has 1 amide bonds. The van der Waals surface area contributed by atoms with Crippen molar-refractivity contribution in [3.8, 4) is 10.7 Å². The van der Waals surface area contributed by atoms with E-state index in [9.17, 15) is 4.79 Å². The molecule has 1 aliphatic heterocycles. The van der Waals surface area contributed by atoms with Crippen LogP contribution < -0.4 is 10.2 Å². The second-order valence-corrected chi connectivity index (χ2v) is 7.54. The van der Waals surface area contributed by atoms with Gasteiger partial charge in [-0.3, -0.25) is 14.7 Å². The van der Waals surface area contributed by atoms with Gasteiger partial charge in [0.15, 0.2) is 5.01 Å². The Hall–Kier alpha value is -2.06. The number of carbonyl (C=O) groups is 1. The minimum atomic E-state index is -0.0683. The molecule has 0 spiro atoms. The molecule has 2 aromatic rings. The number of carbonyl (C=O) groups excluding carboxylic acids is 1. The molecule has 7 nitrogen and oxygen atoms in total. The van der Waals surface area contributed by atoms with Gasteiger partial charge in [0, 0.05) is 38.4 Å². The number of hydrogen-bond acceptors (Lipinski definition) is 7. The molecule has 1 N–H and O–H groups in total. The summed E-state index contributed by atoms with van der Waals surface area (Å²) in [7, 11) is 0. The summed E-state index contributed by atoms with van der Waals surface area (Å²) in [6.07, 6.45) is 4.02. The third-order valence-corrected chi connectivity index (χ3v) is 5.74. The van der Waals surface area contributed by atoms with Crippen LogP contribution in [0.1, 0.15) is 19.8 Å². The van der Waals surface area contributed by atoms with E-state index in [2.05, 4.69) is 30.3 Å². The lowest BCUT2D eigenvalue weighted by atomic mass is 10.2. The number of aromatic nitrogens is 3. The summed E-state index contributed by atoms with van der Waals surface area (Å²) >= 11 is 1.57. The molecule has 1 aliphatic carbocycles. The van der Waals surface area contributed by atoms with Gasteiger partial charge in [-0.1, -0.05) is 17.4 Å².